The van der Waals surface area contributed by atoms with Gasteiger partial charge in [-0.15, -0.1) is 0 Å². The molecule has 200 valence electrons. The molecule has 0 spiro atoms. The van der Waals surface area contributed by atoms with Crippen molar-refractivity contribution in [3.8, 4) is 45.4 Å². The standard InChI is InChI=1S/C37H32BNO2/c1-36(2)19-20-37(3,4)28-22-24(16-17-27(28)36)26-13-9-14-29-33(26)40-31-18-21-39-35-32(31)38(29)30-15-8-12-25(34(30)41-35)23-10-6-5-7-11-23/h5-18,21-22H,19-20H2,1-4H3. The molecule has 3 aliphatic rings. The number of benzene rings is 4. The summed E-state index contributed by atoms with van der Waals surface area (Å²) in [5.41, 5.74) is 11.1. The molecule has 3 heterocycles. The van der Waals surface area contributed by atoms with Crippen molar-refractivity contribution in [1.82, 2.24) is 4.98 Å². The predicted octanol–water partition coefficient (Wildman–Crippen LogP) is 7.49. The van der Waals surface area contributed by atoms with Crippen molar-refractivity contribution >= 4 is 23.1 Å². The van der Waals surface area contributed by atoms with E-state index in [4.69, 9.17) is 9.47 Å². The van der Waals surface area contributed by atoms with Gasteiger partial charge in [0.15, 0.2) is 0 Å². The zero-order valence-electron chi connectivity index (χ0n) is 24.0. The first-order valence-electron chi connectivity index (χ1n) is 14.6. The smallest absolute Gasteiger partial charge is 0.262 e. The number of aromatic nitrogens is 1. The number of fused-ring (bicyclic) bond motifs is 5. The van der Waals surface area contributed by atoms with Crippen LogP contribution in [0.25, 0.3) is 22.3 Å². The molecule has 0 bridgehead atoms. The van der Waals surface area contributed by atoms with E-state index in [1.165, 1.54) is 29.5 Å². The molecule has 0 amide bonds. The number of nitrogens with zero attached hydrogens (tertiary/aromatic N) is 1. The van der Waals surface area contributed by atoms with Crippen LogP contribution in [0.3, 0.4) is 0 Å². The summed E-state index contributed by atoms with van der Waals surface area (Å²) < 4.78 is 13.3. The van der Waals surface area contributed by atoms with E-state index < -0.39 is 0 Å². The van der Waals surface area contributed by atoms with E-state index in [9.17, 15) is 0 Å². The molecule has 1 aliphatic carbocycles. The van der Waals surface area contributed by atoms with Crippen LogP contribution in [0.15, 0.2) is 97.2 Å². The summed E-state index contributed by atoms with van der Waals surface area (Å²) in [7, 11) is 0. The quantitative estimate of drug-likeness (QED) is 0.216. The fourth-order valence-electron chi connectivity index (χ4n) is 7.18. The molecular formula is C37H32BNO2. The molecule has 0 fully saturated rings. The number of para-hydroxylation sites is 2. The minimum atomic E-state index is -0.0298. The third-order valence-electron chi connectivity index (χ3n) is 9.57. The Hall–Kier alpha value is -4.31. The molecule has 5 aromatic rings. The van der Waals surface area contributed by atoms with E-state index >= 15 is 0 Å². The lowest BCUT2D eigenvalue weighted by Crippen LogP contribution is -2.57. The molecule has 0 N–H and O–H groups in total. The zero-order valence-corrected chi connectivity index (χ0v) is 24.0. The Labute approximate surface area is 242 Å². The second-order valence-corrected chi connectivity index (χ2v) is 13.0. The molecule has 4 aromatic carbocycles. The number of pyridine rings is 1. The SMILES string of the molecule is CC1(C)CCC(C)(C)c2cc(-c3cccc4c3Oc3ccnc5c3B4c3cccc(-c4ccccc4)c3O5)ccc21. The molecular weight excluding hydrogens is 501 g/mol. The molecule has 0 saturated carbocycles. The van der Waals surface area contributed by atoms with Crippen molar-refractivity contribution in [1.29, 1.82) is 0 Å². The summed E-state index contributed by atoms with van der Waals surface area (Å²) in [5.74, 6) is 3.23. The van der Waals surface area contributed by atoms with Crippen molar-refractivity contribution in [3.05, 3.63) is 108 Å². The average molecular weight is 533 g/mol. The van der Waals surface area contributed by atoms with E-state index in [0.29, 0.717) is 5.88 Å². The molecule has 0 radical (unpaired) electrons. The fraction of sp³-hybridized carbons (Fsp3) is 0.216. The van der Waals surface area contributed by atoms with Crippen molar-refractivity contribution in [3.63, 3.8) is 0 Å². The van der Waals surface area contributed by atoms with Gasteiger partial charge in [-0.05, 0) is 62.9 Å². The van der Waals surface area contributed by atoms with Crippen LogP contribution in [0, 0.1) is 0 Å². The van der Waals surface area contributed by atoms with Gasteiger partial charge >= 0.3 is 0 Å². The van der Waals surface area contributed by atoms with Gasteiger partial charge in [0, 0.05) is 22.8 Å². The summed E-state index contributed by atoms with van der Waals surface area (Å²) in [6.07, 6.45) is 4.18. The van der Waals surface area contributed by atoms with E-state index in [2.05, 4.69) is 112 Å². The summed E-state index contributed by atoms with van der Waals surface area (Å²) in [5, 5.41) is 0. The summed E-state index contributed by atoms with van der Waals surface area (Å²) >= 11 is 0. The Morgan fingerprint density at radius 2 is 1.29 bits per heavy atom. The van der Waals surface area contributed by atoms with Gasteiger partial charge in [0.1, 0.15) is 17.2 Å². The van der Waals surface area contributed by atoms with Crippen LogP contribution in [0.4, 0.5) is 0 Å². The van der Waals surface area contributed by atoms with E-state index in [1.807, 2.05) is 12.1 Å². The normalized spacial score (nSPS) is 16.8. The molecule has 0 saturated heterocycles. The first kappa shape index (κ1) is 24.5. The number of rotatable bonds is 2. The van der Waals surface area contributed by atoms with Crippen LogP contribution < -0.4 is 25.9 Å². The van der Waals surface area contributed by atoms with Crippen LogP contribution in [0.2, 0.25) is 0 Å². The van der Waals surface area contributed by atoms with Gasteiger partial charge in [-0.2, -0.15) is 0 Å². The zero-order chi connectivity index (χ0) is 27.9. The highest BCUT2D eigenvalue weighted by Crippen LogP contribution is 2.48. The lowest BCUT2D eigenvalue weighted by molar-refractivity contribution is 0.332. The van der Waals surface area contributed by atoms with E-state index in [0.717, 1.165) is 50.3 Å². The maximum atomic E-state index is 6.76. The third kappa shape index (κ3) is 3.63. The van der Waals surface area contributed by atoms with Gasteiger partial charge in [0.2, 0.25) is 5.88 Å². The van der Waals surface area contributed by atoms with Crippen LogP contribution in [0.5, 0.6) is 23.1 Å². The molecule has 3 nitrogen and oxygen atoms in total. The Balaban J connectivity index is 1.33. The topological polar surface area (TPSA) is 31.4 Å². The van der Waals surface area contributed by atoms with Gasteiger partial charge < -0.3 is 9.47 Å². The fourth-order valence-corrected chi connectivity index (χ4v) is 7.18. The maximum Gasteiger partial charge on any atom is 0.262 e. The average Bonchev–Trinajstić information content (AvgIpc) is 2.99. The molecule has 2 aliphatic heterocycles. The van der Waals surface area contributed by atoms with Crippen molar-refractivity contribution < 1.29 is 9.47 Å². The van der Waals surface area contributed by atoms with E-state index in [-0.39, 0.29) is 17.5 Å². The minimum absolute atomic E-state index is 0.0298. The van der Waals surface area contributed by atoms with Crippen molar-refractivity contribution in [2.24, 2.45) is 0 Å². The molecule has 8 rings (SSSR count). The Morgan fingerprint density at radius 1 is 0.634 bits per heavy atom. The lowest BCUT2D eigenvalue weighted by Gasteiger charge is -2.42. The first-order chi connectivity index (χ1) is 19.8. The van der Waals surface area contributed by atoms with Gasteiger partial charge in [-0.1, -0.05) is 113 Å². The maximum absolute atomic E-state index is 6.76. The van der Waals surface area contributed by atoms with Crippen LogP contribution in [-0.4, -0.2) is 11.7 Å². The first-order valence-corrected chi connectivity index (χ1v) is 14.6. The van der Waals surface area contributed by atoms with Crippen LogP contribution >= 0.6 is 0 Å². The number of hydrogen-bond acceptors (Lipinski definition) is 3. The Kier molecular flexibility index (Phi) is 5.13. The highest BCUT2D eigenvalue weighted by Gasteiger charge is 2.43. The van der Waals surface area contributed by atoms with Crippen LogP contribution in [0.1, 0.15) is 51.7 Å². The van der Waals surface area contributed by atoms with Crippen molar-refractivity contribution in [2.45, 2.75) is 51.4 Å². The predicted molar refractivity (Wildman–Crippen MR) is 168 cm³/mol. The van der Waals surface area contributed by atoms with Crippen molar-refractivity contribution in [2.75, 3.05) is 0 Å². The monoisotopic (exact) mass is 533 g/mol. The van der Waals surface area contributed by atoms with Gasteiger partial charge in [0.25, 0.3) is 6.71 Å². The number of ether oxygens (including phenoxy) is 2. The number of hydrogen-bond donors (Lipinski definition) is 0. The lowest BCUT2D eigenvalue weighted by atomic mass is 9.35. The second-order valence-electron chi connectivity index (χ2n) is 13.0. The second kappa shape index (κ2) is 8.60. The molecule has 0 unspecified atom stereocenters. The van der Waals surface area contributed by atoms with Crippen LogP contribution in [-0.2, 0) is 10.8 Å². The highest BCUT2D eigenvalue weighted by atomic mass is 16.5. The van der Waals surface area contributed by atoms with Gasteiger partial charge in [-0.3, -0.25) is 0 Å². The summed E-state index contributed by atoms with van der Waals surface area (Å²) in [6, 6.07) is 32.5. The highest BCUT2D eigenvalue weighted by molar-refractivity contribution is 6.98. The molecule has 1 aromatic heterocycles. The van der Waals surface area contributed by atoms with E-state index in [1.54, 1.807) is 6.20 Å². The third-order valence-corrected chi connectivity index (χ3v) is 9.57. The van der Waals surface area contributed by atoms with Gasteiger partial charge in [-0.25, -0.2) is 4.98 Å². The summed E-state index contributed by atoms with van der Waals surface area (Å²) in [4.78, 5) is 4.67. The minimum Gasteiger partial charge on any atom is -0.458 e. The van der Waals surface area contributed by atoms with Gasteiger partial charge in [0.05, 0.1) is 0 Å². The largest absolute Gasteiger partial charge is 0.458 e. The Bertz CT molecular complexity index is 1860. The Morgan fingerprint density at radius 3 is 2.02 bits per heavy atom. The molecule has 0 atom stereocenters. The molecule has 4 heteroatoms. The molecule has 41 heavy (non-hydrogen) atoms. The summed E-state index contributed by atoms with van der Waals surface area (Å²) in [6.45, 7) is 9.50.